The van der Waals surface area contributed by atoms with E-state index in [4.69, 9.17) is 4.42 Å². The van der Waals surface area contributed by atoms with Crippen molar-refractivity contribution in [1.82, 2.24) is 15.5 Å². The van der Waals surface area contributed by atoms with Gasteiger partial charge in [0.15, 0.2) is 0 Å². The van der Waals surface area contributed by atoms with E-state index in [0.717, 1.165) is 12.3 Å². The van der Waals surface area contributed by atoms with Gasteiger partial charge < -0.3 is 9.73 Å². The highest BCUT2D eigenvalue weighted by molar-refractivity contribution is 5.25. The molecule has 1 aromatic heterocycles. The van der Waals surface area contributed by atoms with Crippen LogP contribution in [0.15, 0.2) is 34.7 Å². The molecule has 2 atom stereocenters. The zero-order valence-corrected chi connectivity index (χ0v) is 13.3. The van der Waals surface area contributed by atoms with Gasteiger partial charge in [-0.2, -0.15) is 0 Å². The van der Waals surface area contributed by atoms with Crippen LogP contribution >= 0.6 is 0 Å². The molecule has 1 N–H and O–H groups in total. The van der Waals surface area contributed by atoms with Gasteiger partial charge in [-0.3, -0.25) is 0 Å². The molecule has 0 amide bonds. The van der Waals surface area contributed by atoms with Crippen molar-refractivity contribution in [2.24, 2.45) is 5.92 Å². The molecule has 2 unspecified atom stereocenters. The number of rotatable bonds is 7. The van der Waals surface area contributed by atoms with Crippen molar-refractivity contribution >= 4 is 0 Å². The Balaban J connectivity index is 2.22. The molecule has 2 rings (SSSR count). The largest absolute Gasteiger partial charge is 0.423 e. The van der Waals surface area contributed by atoms with Gasteiger partial charge in [-0.1, -0.05) is 64.4 Å². The van der Waals surface area contributed by atoms with Crippen LogP contribution in [0, 0.1) is 5.92 Å². The Morgan fingerprint density at radius 1 is 1.10 bits per heavy atom. The van der Waals surface area contributed by atoms with Gasteiger partial charge >= 0.3 is 0 Å². The third kappa shape index (κ3) is 4.14. The van der Waals surface area contributed by atoms with Crippen LogP contribution in [0.4, 0.5) is 0 Å². The molecule has 2 aromatic rings. The lowest BCUT2D eigenvalue weighted by Crippen LogP contribution is -2.21. The summed E-state index contributed by atoms with van der Waals surface area (Å²) in [5.74, 6) is 1.99. The summed E-state index contributed by atoms with van der Waals surface area (Å²) in [6.07, 6.45) is 1.07. The topological polar surface area (TPSA) is 51.0 Å². The minimum Gasteiger partial charge on any atom is -0.423 e. The lowest BCUT2D eigenvalue weighted by atomic mass is 9.85. The summed E-state index contributed by atoms with van der Waals surface area (Å²) in [4.78, 5) is 0. The summed E-state index contributed by atoms with van der Waals surface area (Å²) in [7, 11) is 0. The Morgan fingerprint density at radius 3 is 2.43 bits per heavy atom. The minimum absolute atomic E-state index is 0.163. The molecule has 0 bridgehead atoms. The average molecular weight is 287 g/mol. The second kappa shape index (κ2) is 7.36. The van der Waals surface area contributed by atoms with Crippen LogP contribution in [-0.2, 0) is 6.54 Å². The van der Waals surface area contributed by atoms with Crippen LogP contribution in [0.2, 0.25) is 0 Å². The first kappa shape index (κ1) is 15.7. The third-order valence-electron chi connectivity index (χ3n) is 3.78. The maximum absolute atomic E-state index is 5.89. The van der Waals surface area contributed by atoms with Crippen molar-refractivity contribution in [2.75, 3.05) is 0 Å². The van der Waals surface area contributed by atoms with Crippen LogP contribution < -0.4 is 5.32 Å². The van der Waals surface area contributed by atoms with Gasteiger partial charge in [0.1, 0.15) is 0 Å². The van der Waals surface area contributed by atoms with Gasteiger partial charge in [-0.15, -0.1) is 10.2 Å². The molecule has 4 nitrogen and oxygen atoms in total. The molecule has 114 valence electrons. The van der Waals surface area contributed by atoms with Gasteiger partial charge in [-0.25, -0.2) is 0 Å². The first-order valence-corrected chi connectivity index (χ1v) is 7.72. The zero-order chi connectivity index (χ0) is 15.2. The van der Waals surface area contributed by atoms with Gasteiger partial charge in [0, 0.05) is 6.04 Å². The highest BCUT2D eigenvalue weighted by atomic mass is 16.4. The summed E-state index contributed by atoms with van der Waals surface area (Å²) >= 11 is 0. The summed E-state index contributed by atoms with van der Waals surface area (Å²) in [5, 5.41) is 11.8. The average Bonchev–Trinajstić information content (AvgIpc) is 2.95. The van der Waals surface area contributed by atoms with Crippen LogP contribution in [0.5, 0.6) is 0 Å². The molecule has 0 spiro atoms. The number of nitrogens with zero attached hydrogens (tertiary/aromatic N) is 2. The molecule has 0 aliphatic carbocycles. The molecule has 0 fully saturated rings. The molecule has 21 heavy (non-hydrogen) atoms. The molecule has 0 aliphatic rings. The Bertz CT molecular complexity index is 536. The second-order valence-corrected chi connectivity index (χ2v) is 5.84. The number of aromatic nitrogens is 2. The fraction of sp³-hybridized carbons (Fsp3) is 0.529. The van der Waals surface area contributed by atoms with Crippen LogP contribution in [0.1, 0.15) is 57.4 Å². The van der Waals surface area contributed by atoms with Crippen LogP contribution in [-0.4, -0.2) is 16.2 Å². The Morgan fingerprint density at radius 2 is 1.81 bits per heavy atom. The van der Waals surface area contributed by atoms with E-state index in [1.807, 2.05) is 6.07 Å². The van der Waals surface area contributed by atoms with E-state index < -0.39 is 0 Å². The molecule has 1 heterocycles. The number of benzene rings is 1. The monoisotopic (exact) mass is 287 g/mol. The predicted molar refractivity (Wildman–Crippen MR) is 84.0 cm³/mol. The molecule has 0 saturated heterocycles. The van der Waals surface area contributed by atoms with Crippen LogP contribution in [0.25, 0.3) is 0 Å². The van der Waals surface area contributed by atoms with Gasteiger partial charge in [0.2, 0.25) is 11.8 Å². The van der Waals surface area contributed by atoms with Crippen molar-refractivity contribution in [3.8, 4) is 0 Å². The fourth-order valence-electron chi connectivity index (χ4n) is 2.37. The molecule has 0 saturated carbocycles. The number of hydrogen-bond donors (Lipinski definition) is 1. The Kier molecular flexibility index (Phi) is 5.51. The van der Waals surface area contributed by atoms with Crippen molar-refractivity contribution in [2.45, 2.75) is 52.6 Å². The summed E-state index contributed by atoms with van der Waals surface area (Å²) in [6, 6.07) is 10.8. The van der Waals surface area contributed by atoms with Crippen molar-refractivity contribution in [3.63, 3.8) is 0 Å². The molecule has 1 aromatic carbocycles. The van der Waals surface area contributed by atoms with Crippen molar-refractivity contribution < 1.29 is 4.42 Å². The normalized spacial score (nSPS) is 14.3. The third-order valence-corrected chi connectivity index (χ3v) is 3.78. The molecule has 0 radical (unpaired) electrons. The standard InChI is InChI=1S/C17H25N3O/c1-5-13(4)16(14-9-7-6-8-10-14)17-20-19-15(21-17)11-18-12(2)3/h6-10,12-13,16,18H,5,11H2,1-4H3. The molecule has 4 heteroatoms. The predicted octanol–water partition coefficient (Wildman–Crippen LogP) is 3.75. The number of nitrogens with one attached hydrogen (secondary N) is 1. The first-order chi connectivity index (χ1) is 10.1. The second-order valence-electron chi connectivity index (χ2n) is 5.84. The lowest BCUT2D eigenvalue weighted by Gasteiger charge is -2.19. The smallest absolute Gasteiger partial charge is 0.230 e. The van der Waals surface area contributed by atoms with E-state index >= 15 is 0 Å². The first-order valence-electron chi connectivity index (χ1n) is 7.72. The van der Waals surface area contributed by atoms with E-state index in [0.29, 0.717) is 24.4 Å². The van der Waals surface area contributed by atoms with Crippen molar-refractivity contribution in [1.29, 1.82) is 0 Å². The quantitative estimate of drug-likeness (QED) is 0.842. The molecular weight excluding hydrogens is 262 g/mol. The van der Waals surface area contributed by atoms with Crippen molar-refractivity contribution in [3.05, 3.63) is 47.7 Å². The Labute approximate surface area is 127 Å². The van der Waals surface area contributed by atoms with Gasteiger partial charge in [0.05, 0.1) is 12.5 Å². The van der Waals surface area contributed by atoms with E-state index in [1.54, 1.807) is 0 Å². The minimum atomic E-state index is 0.163. The number of hydrogen-bond acceptors (Lipinski definition) is 4. The summed E-state index contributed by atoms with van der Waals surface area (Å²) in [5.41, 5.74) is 1.24. The lowest BCUT2D eigenvalue weighted by molar-refractivity contribution is 0.366. The highest BCUT2D eigenvalue weighted by Gasteiger charge is 2.25. The zero-order valence-electron chi connectivity index (χ0n) is 13.3. The molecule has 0 aliphatic heterocycles. The van der Waals surface area contributed by atoms with Crippen LogP contribution in [0.3, 0.4) is 0 Å². The summed E-state index contributed by atoms with van der Waals surface area (Å²) in [6.45, 7) is 9.24. The summed E-state index contributed by atoms with van der Waals surface area (Å²) < 4.78 is 5.89. The van der Waals surface area contributed by atoms with E-state index in [2.05, 4.69) is 67.5 Å². The Hall–Kier alpha value is -1.68. The van der Waals surface area contributed by atoms with E-state index in [1.165, 1.54) is 5.56 Å². The highest BCUT2D eigenvalue weighted by Crippen LogP contribution is 2.32. The van der Waals surface area contributed by atoms with Gasteiger partial charge in [0.25, 0.3) is 0 Å². The fourth-order valence-corrected chi connectivity index (χ4v) is 2.37. The maximum Gasteiger partial charge on any atom is 0.230 e. The van der Waals surface area contributed by atoms with Gasteiger partial charge in [-0.05, 0) is 11.5 Å². The molecular formula is C17H25N3O. The van der Waals surface area contributed by atoms with E-state index in [9.17, 15) is 0 Å². The SMILES string of the molecule is CCC(C)C(c1ccccc1)c1nnc(CNC(C)C)o1. The van der Waals surface area contributed by atoms with E-state index in [-0.39, 0.29) is 5.92 Å². The maximum atomic E-state index is 5.89.